The summed E-state index contributed by atoms with van der Waals surface area (Å²) in [7, 11) is 11.4. The van der Waals surface area contributed by atoms with Crippen LogP contribution in [0.3, 0.4) is 0 Å². The van der Waals surface area contributed by atoms with Gasteiger partial charge in [-0.2, -0.15) is 0 Å². The molecule has 8 aromatic carbocycles. The molecule has 9 aromatic rings. The van der Waals surface area contributed by atoms with Crippen molar-refractivity contribution in [2.24, 2.45) is 0 Å². The van der Waals surface area contributed by atoms with Crippen LogP contribution in [-0.4, -0.2) is 48.8 Å². The maximum Gasteiger partial charge on any atom is 0.146 e. The monoisotopic (exact) mass is 658 g/mol. The summed E-state index contributed by atoms with van der Waals surface area (Å²) in [5.74, 6) is 0.932. The van der Waals surface area contributed by atoms with Crippen molar-refractivity contribution in [3.63, 3.8) is 0 Å². The van der Waals surface area contributed by atoms with E-state index < -0.39 is 0 Å². The number of imidazole rings is 1. The molecule has 1 aromatic heterocycles. The summed E-state index contributed by atoms with van der Waals surface area (Å²) in [5.41, 5.74) is 18.5. The number of hydrogen-bond donors (Lipinski definition) is 0. The van der Waals surface area contributed by atoms with Crippen LogP contribution in [0.2, 0.25) is 0 Å². The first-order valence-electron chi connectivity index (χ1n) is 18.2. The maximum atomic E-state index is 5.34. The summed E-state index contributed by atoms with van der Waals surface area (Å²) in [5, 5.41) is 4.99. The van der Waals surface area contributed by atoms with Gasteiger partial charge in [0.05, 0.1) is 11.0 Å². The van der Waals surface area contributed by atoms with E-state index >= 15 is 0 Å². The zero-order valence-corrected chi connectivity index (χ0v) is 30.3. The average Bonchev–Trinajstić information content (AvgIpc) is 3.59. The number of rotatable bonds is 5. The zero-order valence-electron chi connectivity index (χ0n) is 30.3. The third kappa shape index (κ3) is 4.99. The molecular formula is C45H35B5N2. The first kappa shape index (κ1) is 32.0. The number of hydrogen-bond acceptors (Lipinski definition) is 1. The van der Waals surface area contributed by atoms with E-state index in [9.17, 15) is 0 Å². The van der Waals surface area contributed by atoms with E-state index in [1.165, 1.54) is 82.2 Å². The highest BCUT2D eigenvalue weighted by molar-refractivity contribution is 6.69. The van der Waals surface area contributed by atoms with E-state index in [0.717, 1.165) is 28.1 Å². The molecule has 9 rings (SSSR count). The molecule has 0 N–H and O–H groups in total. The van der Waals surface area contributed by atoms with Crippen molar-refractivity contribution in [2.45, 2.75) is 0 Å². The van der Waals surface area contributed by atoms with E-state index in [1.54, 1.807) is 0 Å². The van der Waals surface area contributed by atoms with Crippen molar-refractivity contribution in [3.8, 4) is 50.5 Å². The minimum absolute atomic E-state index is 0.932. The van der Waals surface area contributed by atoms with Crippen molar-refractivity contribution in [3.05, 3.63) is 152 Å². The van der Waals surface area contributed by atoms with Crippen molar-refractivity contribution in [1.82, 2.24) is 9.55 Å². The molecule has 0 fully saturated rings. The van der Waals surface area contributed by atoms with E-state index in [4.69, 9.17) is 4.98 Å². The lowest BCUT2D eigenvalue weighted by Crippen LogP contribution is -2.55. The van der Waals surface area contributed by atoms with Crippen LogP contribution < -0.4 is 27.3 Å². The topological polar surface area (TPSA) is 17.8 Å². The highest BCUT2D eigenvalue weighted by Crippen LogP contribution is 2.46. The lowest BCUT2D eigenvalue weighted by atomic mass is 9.59. The van der Waals surface area contributed by atoms with Gasteiger partial charge >= 0.3 is 0 Å². The van der Waals surface area contributed by atoms with Crippen molar-refractivity contribution in [2.75, 3.05) is 0 Å². The van der Waals surface area contributed by atoms with Gasteiger partial charge in [-0.25, -0.2) is 4.98 Å². The molecule has 0 unspecified atom stereocenters. The van der Waals surface area contributed by atoms with Crippen LogP contribution in [0.4, 0.5) is 0 Å². The summed E-state index contributed by atoms with van der Waals surface area (Å²) in [6.45, 7) is 0. The van der Waals surface area contributed by atoms with Crippen LogP contribution in [-0.2, 0) is 0 Å². The Bertz CT molecular complexity index is 2820. The van der Waals surface area contributed by atoms with Crippen LogP contribution in [0.5, 0.6) is 0 Å². The van der Waals surface area contributed by atoms with E-state index in [2.05, 4.69) is 195 Å². The minimum atomic E-state index is 0.932. The molecule has 7 heteroatoms. The molecule has 0 aliphatic rings. The highest BCUT2D eigenvalue weighted by atomic mass is 15.1. The van der Waals surface area contributed by atoms with Crippen LogP contribution in [0.25, 0.3) is 83.0 Å². The second kappa shape index (κ2) is 12.7. The Balaban J connectivity index is 1.44. The van der Waals surface area contributed by atoms with Gasteiger partial charge in [0, 0.05) is 11.3 Å². The molecule has 52 heavy (non-hydrogen) atoms. The smallest absolute Gasteiger partial charge is 0.146 e. The molecule has 2 nitrogen and oxygen atoms in total. The molecule has 0 spiro atoms. The molecular weight excluding hydrogens is 623 g/mol. The molecule has 0 bridgehead atoms. The quantitative estimate of drug-likeness (QED) is 0.205. The van der Waals surface area contributed by atoms with Gasteiger partial charge in [-0.1, -0.05) is 132 Å². The summed E-state index contributed by atoms with van der Waals surface area (Å²) < 4.78 is 2.31. The zero-order chi connectivity index (χ0) is 35.5. The molecule has 0 radical (unpaired) electrons. The molecule has 240 valence electrons. The fourth-order valence-corrected chi connectivity index (χ4v) is 8.36. The number of nitrogens with zero attached hydrogens (tertiary/aromatic N) is 2. The third-order valence-corrected chi connectivity index (χ3v) is 11.4. The van der Waals surface area contributed by atoms with E-state index in [-0.39, 0.29) is 0 Å². The normalized spacial score (nSPS) is 11.5. The Morgan fingerprint density at radius 2 is 0.923 bits per heavy atom. The first-order valence-corrected chi connectivity index (χ1v) is 18.2. The Morgan fingerprint density at radius 3 is 1.63 bits per heavy atom. The van der Waals surface area contributed by atoms with Crippen LogP contribution in [0.15, 0.2) is 152 Å². The number of fused-ring (bicyclic) bond motifs is 3. The Kier molecular flexibility index (Phi) is 7.81. The molecule has 0 aliphatic carbocycles. The summed E-state index contributed by atoms with van der Waals surface area (Å²) in [6, 6.07) is 54.8. The minimum Gasteiger partial charge on any atom is -0.292 e. The van der Waals surface area contributed by atoms with Crippen molar-refractivity contribution in [1.29, 1.82) is 0 Å². The van der Waals surface area contributed by atoms with E-state index in [0.29, 0.717) is 0 Å². The Morgan fingerprint density at radius 1 is 0.385 bits per heavy atom. The van der Waals surface area contributed by atoms with Crippen molar-refractivity contribution < 1.29 is 0 Å². The summed E-state index contributed by atoms with van der Waals surface area (Å²) in [6.07, 6.45) is 0. The second-order valence-electron chi connectivity index (χ2n) is 14.1. The van der Waals surface area contributed by atoms with Crippen LogP contribution >= 0.6 is 0 Å². The Hall–Kier alpha value is -5.93. The standard InChI is InChI=1S/C45H35B5N2/c46-40-39(41(47)43(49)44(50)42(40)48)38-30-18-8-7-17-29(30)37(32-24-23-27(25-34(32)38)26-13-3-1-4-14-26)31-19-9-10-20-33(31)45-51-35-21-11-12-22-36(35)52(45)28-15-5-2-6-16-28/h1-25H,46-50H2. The highest BCUT2D eigenvalue weighted by Gasteiger charge is 2.24. The molecule has 1 heterocycles. The summed E-state index contributed by atoms with van der Waals surface area (Å²) in [4.78, 5) is 5.34. The number of para-hydroxylation sites is 3. The fourth-order valence-electron chi connectivity index (χ4n) is 8.36. The van der Waals surface area contributed by atoms with Gasteiger partial charge in [-0.05, 0) is 85.3 Å². The molecule has 0 amide bonds. The van der Waals surface area contributed by atoms with Crippen molar-refractivity contribution >= 4 is 99.1 Å². The van der Waals surface area contributed by atoms with Gasteiger partial charge in [-0.3, -0.25) is 4.57 Å². The van der Waals surface area contributed by atoms with E-state index in [1.807, 2.05) is 0 Å². The first-order chi connectivity index (χ1) is 25.4. The number of benzene rings is 8. The summed E-state index contributed by atoms with van der Waals surface area (Å²) >= 11 is 0. The molecule has 0 aliphatic heterocycles. The number of aromatic nitrogens is 2. The third-order valence-electron chi connectivity index (χ3n) is 11.4. The molecule has 0 saturated heterocycles. The maximum absolute atomic E-state index is 5.34. The Labute approximate surface area is 309 Å². The van der Waals surface area contributed by atoms with Gasteiger partial charge < -0.3 is 0 Å². The van der Waals surface area contributed by atoms with Gasteiger partial charge in [0.15, 0.2) is 0 Å². The van der Waals surface area contributed by atoms with Gasteiger partial charge in [0.25, 0.3) is 0 Å². The predicted octanol–water partition coefficient (Wildman–Crippen LogP) is 3.29. The van der Waals surface area contributed by atoms with Gasteiger partial charge in [-0.15, -0.1) is 16.4 Å². The second-order valence-corrected chi connectivity index (χ2v) is 14.1. The molecule has 0 atom stereocenters. The molecule has 0 saturated carbocycles. The van der Waals surface area contributed by atoms with Gasteiger partial charge in [0.2, 0.25) is 0 Å². The lowest BCUT2D eigenvalue weighted by Gasteiger charge is -2.25. The lowest BCUT2D eigenvalue weighted by molar-refractivity contribution is 1.10. The predicted molar refractivity (Wildman–Crippen MR) is 239 cm³/mol. The van der Waals surface area contributed by atoms with Crippen LogP contribution in [0.1, 0.15) is 0 Å². The average molecular weight is 658 g/mol. The van der Waals surface area contributed by atoms with Gasteiger partial charge in [0.1, 0.15) is 45.1 Å². The SMILES string of the molecule is Bc1c(B)c(B)c(-c2c3ccccc3c(-c3ccccc3-c3nc4ccccc4n3-c3ccccc3)c3ccc(-c4ccccc4)cc23)c(B)c1B. The largest absolute Gasteiger partial charge is 0.292 e. The fraction of sp³-hybridized carbons (Fsp3) is 0. The van der Waals surface area contributed by atoms with Crippen LogP contribution in [0, 0.1) is 0 Å².